The van der Waals surface area contributed by atoms with Gasteiger partial charge in [-0.15, -0.1) is 6.58 Å². The van der Waals surface area contributed by atoms with Crippen molar-refractivity contribution in [2.75, 3.05) is 11.9 Å². The summed E-state index contributed by atoms with van der Waals surface area (Å²) in [6.07, 6.45) is 1.85. The number of halogens is 1. The average molecular weight is 259 g/mol. The lowest BCUT2D eigenvalue weighted by molar-refractivity contribution is 1.34. The summed E-state index contributed by atoms with van der Waals surface area (Å²) >= 11 is 2.29. The Morgan fingerprint density at radius 1 is 1.55 bits per heavy atom. The van der Waals surface area contributed by atoms with Crippen molar-refractivity contribution in [1.29, 1.82) is 0 Å². The fourth-order valence-electron chi connectivity index (χ4n) is 0.788. The summed E-state index contributed by atoms with van der Waals surface area (Å²) in [5, 5.41) is 3.21. The first kappa shape index (κ1) is 8.59. The molecule has 0 amide bonds. The van der Waals surface area contributed by atoms with Crippen LogP contribution < -0.4 is 5.32 Å². The largest absolute Gasteiger partial charge is 0.382 e. The third-order valence-electron chi connectivity index (χ3n) is 1.28. The first-order valence-corrected chi connectivity index (χ1v) is 4.51. The number of benzene rings is 1. The van der Waals surface area contributed by atoms with Gasteiger partial charge in [-0.2, -0.15) is 0 Å². The monoisotopic (exact) mass is 259 g/mol. The van der Waals surface area contributed by atoms with E-state index in [1.54, 1.807) is 0 Å². The number of hydrogen-bond acceptors (Lipinski definition) is 1. The van der Waals surface area contributed by atoms with E-state index in [0.29, 0.717) is 0 Å². The molecule has 0 atom stereocenters. The highest BCUT2D eigenvalue weighted by molar-refractivity contribution is 14.1. The summed E-state index contributed by atoms with van der Waals surface area (Å²) < 4.78 is 1.25. The molecule has 0 radical (unpaired) electrons. The van der Waals surface area contributed by atoms with Gasteiger partial charge in [0.15, 0.2) is 0 Å². The van der Waals surface area contributed by atoms with Gasteiger partial charge in [0.05, 0.1) is 0 Å². The Morgan fingerprint density at radius 2 is 2.36 bits per heavy atom. The molecule has 1 N–H and O–H groups in total. The van der Waals surface area contributed by atoms with Crippen LogP contribution in [-0.2, 0) is 0 Å². The predicted octanol–water partition coefficient (Wildman–Crippen LogP) is 2.89. The molecule has 1 aromatic rings. The Morgan fingerprint density at radius 3 is 3.00 bits per heavy atom. The molecule has 0 aliphatic heterocycles. The summed E-state index contributed by atoms with van der Waals surface area (Å²) in [6.45, 7) is 4.45. The SMILES string of the molecule is C=CCNc1cccc(I)c1. The minimum atomic E-state index is 0.820. The predicted molar refractivity (Wildman–Crippen MR) is 57.8 cm³/mol. The smallest absolute Gasteiger partial charge is 0.0353 e. The maximum Gasteiger partial charge on any atom is 0.0353 e. The molecule has 1 nitrogen and oxygen atoms in total. The summed E-state index contributed by atoms with van der Waals surface area (Å²) in [6, 6.07) is 8.25. The maximum atomic E-state index is 3.63. The van der Waals surface area contributed by atoms with E-state index in [9.17, 15) is 0 Å². The molecule has 0 aromatic heterocycles. The topological polar surface area (TPSA) is 12.0 Å². The summed E-state index contributed by atoms with van der Waals surface area (Å²) in [7, 11) is 0. The summed E-state index contributed by atoms with van der Waals surface area (Å²) in [4.78, 5) is 0. The Kier molecular flexibility index (Phi) is 3.42. The van der Waals surface area contributed by atoms with Crippen LogP contribution in [0.4, 0.5) is 5.69 Å². The minimum absolute atomic E-state index is 0.820. The number of nitrogens with one attached hydrogen (secondary N) is 1. The number of rotatable bonds is 3. The second-order valence-electron chi connectivity index (χ2n) is 2.18. The maximum absolute atomic E-state index is 3.63. The lowest BCUT2D eigenvalue weighted by Crippen LogP contribution is -1.96. The standard InChI is InChI=1S/C9H10IN/c1-2-6-11-9-5-3-4-8(10)7-9/h2-5,7,11H,1,6H2. The highest BCUT2D eigenvalue weighted by atomic mass is 127. The van der Waals surface area contributed by atoms with Gasteiger partial charge in [-0.1, -0.05) is 12.1 Å². The molecule has 1 aromatic carbocycles. The van der Waals surface area contributed by atoms with Crippen LogP contribution in [0.25, 0.3) is 0 Å². The fraction of sp³-hybridized carbons (Fsp3) is 0.111. The summed E-state index contributed by atoms with van der Waals surface area (Å²) in [5.74, 6) is 0. The third-order valence-corrected chi connectivity index (χ3v) is 1.95. The molecular weight excluding hydrogens is 249 g/mol. The normalized spacial score (nSPS) is 9.18. The van der Waals surface area contributed by atoms with Crippen molar-refractivity contribution in [2.45, 2.75) is 0 Å². The van der Waals surface area contributed by atoms with E-state index in [1.165, 1.54) is 3.57 Å². The van der Waals surface area contributed by atoms with Crippen LogP contribution in [0.1, 0.15) is 0 Å². The minimum Gasteiger partial charge on any atom is -0.382 e. The molecular formula is C9H10IN. The van der Waals surface area contributed by atoms with E-state index in [-0.39, 0.29) is 0 Å². The molecule has 2 heteroatoms. The molecule has 0 heterocycles. The van der Waals surface area contributed by atoms with E-state index < -0.39 is 0 Å². The van der Waals surface area contributed by atoms with Gasteiger partial charge in [-0.25, -0.2) is 0 Å². The molecule has 0 saturated heterocycles. The van der Waals surface area contributed by atoms with Gasteiger partial charge in [0, 0.05) is 15.8 Å². The molecule has 0 fully saturated rings. The Balaban J connectivity index is 2.63. The van der Waals surface area contributed by atoms with Crippen molar-refractivity contribution in [1.82, 2.24) is 0 Å². The molecule has 0 bridgehead atoms. The quantitative estimate of drug-likeness (QED) is 0.650. The van der Waals surface area contributed by atoms with Gasteiger partial charge in [0.1, 0.15) is 0 Å². The lowest BCUT2D eigenvalue weighted by atomic mass is 10.3. The van der Waals surface area contributed by atoms with Crippen molar-refractivity contribution in [3.63, 3.8) is 0 Å². The van der Waals surface area contributed by atoms with Gasteiger partial charge in [0.25, 0.3) is 0 Å². The number of hydrogen-bond donors (Lipinski definition) is 1. The van der Waals surface area contributed by atoms with Crippen molar-refractivity contribution in [3.05, 3.63) is 40.5 Å². The van der Waals surface area contributed by atoms with Gasteiger partial charge in [-0.3, -0.25) is 0 Å². The van der Waals surface area contributed by atoms with Crippen LogP contribution >= 0.6 is 22.6 Å². The molecule has 0 aliphatic carbocycles. The Bertz CT molecular complexity index is 245. The first-order valence-electron chi connectivity index (χ1n) is 3.43. The van der Waals surface area contributed by atoms with E-state index in [0.717, 1.165) is 12.2 Å². The molecule has 0 unspecified atom stereocenters. The van der Waals surface area contributed by atoms with Crippen LogP contribution in [0.5, 0.6) is 0 Å². The number of anilines is 1. The second kappa shape index (κ2) is 4.38. The third kappa shape index (κ3) is 2.93. The zero-order valence-corrected chi connectivity index (χ0v) is 8.34. The van der Waals surface area contributed by atoms with E-state index in [4.69, 9.17) is 0 Å². The van der Waals surface area contributed by atoms with Crippen molar-refractivity contribution in [2.24, 2.45) is 0 Å². The molecule has 0 spiro atoms. The van der Waals surface area contributed by atoms with Gasteiger partial charge >= 0.3 is 0 Å². The lowest BCUT2D eigenvalue weighted by Gasteiger charge is -2.02. The molecule has 11 heavy (non-hydrogen) atoms. The van der Waals surface area contributed by atoms with Gasteiger partial charge in [0.2, 0.25) is 0 Å². The fourth-order valence-corrected chi connectivity index (χ4v) is 1.33. The van der Waals surface area contributed by atoms with Gasteiger partial charge in [-0.05, 0) is 40.8 Å². The van der Waals surface area contributed by atoms with Crippen LogP contribution in [-0.4, -0.2) is 6.54 Å². The highest BCUT2D eigenvalue weighted by Crippen LogP contribution is 2.11. The van der Waals surface area contributed by atoms with Crippen molar-refractivity contribution < 1.29 is 0 Å². The van der Waals surface area contributed by atoms with E-state index in [1.807, 2.05) is 18.2 Å². The zero-order valence-electron chi connectivity index (χ0n) is 6.18. The average Bonchev–Trinajstić information content (AvgIpc) is 2.01. The van der Waals surface area contributed by atoms with Crippen molar-refractivity contribution in [3.8, 4) is 0 Å². The van der Waals surface area contributed by atoms with Crippen LogP contribution in [0.15, 0.2) is 36.9 Å². The van der Waals surface area contributed by atoms with Crippen LogP contribution in [0.2, 0.25) is 0 Å². The second-order valence-corrected chi connectivity index (χ2v) is 3.43. The van der Waals surface area contributed by atoms with E-state index in [2.05, 4.69) is 46.6 Å². The molecule has 1 rings (SSSR count). The highest BCUT2D eigenvalue weighted by Gasteiger charge is 1.88. The molecule has 58 valence electrons. The Labute approximate surface area is 80.6 Å². The van der Waals surface area contributed by atoms with Gasteiger partial charge < -0.3 is 5.32 Å². The van der Waals surface area contributed by atoms with Crippen LogP contribution in [0, 0.1) is 3.57 Å². The van der Waals surface area contributed by atoms with Crippen molar-refractivity contribution >= 4 is 28.3 Å². The molecule has 0 aliphatic rings. The van der Waals surface area contributed by atoms with Crippen LogP contribution in [0.3, 0.4) is 0 Å². The zero-order chi connectivity index (χ0) is 8.10. The Hall–Kier alpha value is -0.510. The molecule has 0 saturated carbocycles. The summed E-state index contributed by atoms with van der Waals surface area (Å²) in [5.41, 5.74) is 1.15. The first-order chi connectivity index (χ1) is 5.33. The van der Waals surface area contributed by atoms with E-state index >= 15 is 0 Å².